The standard InChI is InChI=1S/C24H24N4O4.C19H15N3O3/c1-3-4-9-27-24(30)28-11-8-15-12-16(5-6-20(15)28)32-21-7-10-26-19-14-22(31-2)18(23(25)29)13-17(19)21;1-24-18-10-16-13(9-14(18)19(20)23)17(5-7-22-16)25-12-2-3-15-11(8-12)4-6-21-15/h5-8,10-14H,3-4,9H2,1-2H3,(H2,25,29)(H,27,30);2-10,21H,1H3,(H2,20,23). The Bertz CT molecular complexity index is 2790. The Balaban J connectivity index is 0.000000179. The zero-order chi connectivity index (χ0) is 40.1. The van der Waals surface area contributed by atoms with Gasteiger partial charge < -0.3 is 40.7 Å². The lowest BCUT2D eigenvalue weighted by Gasteiger charge is -2.12. The molecule has 4 aromatic heterocycles. The van der Waals surface area contributed by atoms with E-state index in [2.05, 4.69) is 27.2 Å². The molecule has 0 saturated carbocycles. The maximum atomic E-state index is 12.4. The molecule has 0 bridgehead atoms. The minimum absolute atomic E-state index is 0.157. The third-order valence-electron chi connectivity index (χ3n) is 9.24. The number of aromatic amines is 1. The fourth-order valence-corrected chi connectivity index (χ4v) is 6.36. The smallest absolute Gasteiger partial charge is 0.326 e. The number of aromatic nitrogens is 4. The Morgan fingerprint density at radius 2 is 1.28 bits per heavy atom. The summed E-state index contributed by atoms with van der Waals surface area (Å²) in [6.07, 6.45) is 8.84. The van der Waals surface area contributed by atoms with Crippen LogP contribution in [0, 0.1) is 0 Å². The first kappa shape index (κ1) is 37.7. The molecular formula is C43H39N7O7. The SMILES string of the molecule is CCCCNC(=O)n1ccc2cc(Oc3ccnc4cc(OC)c(C(N)=O)cc34)ccc21.COc1cc2nccc(Oc3ccc4[nH]ccc4c3)c2cc1C(N)=O. The van der Waals surface area contributed by atoms with E-state index in [-0.39, 0.29) is 17.2 Å². The molecule has 0 unspecified atom stereocenters. The highest BCUT2D eigenvalue weighted by atomic mass is 16.5. The van der Waals surface area contributed by atoms with E-state index in [1.165, 1.54) is 14.2 Å². The van der Waals surface area contributed by atoms with Crippen molar-refractivity contribution >= 4 is 61.5 Å². The first-order valence-electron chi connectivity index (χ1n) is 18.0. The summed E-state index contributed by atoms with van der Waals surface area (Å²) in [4.78, 5) is 47.7. The minimum Gasteiger partial charge on any atom is -0.496 e. The van der Waals surface area contributed by atoms with Crippen LogP contribution in [0.1, 0.15) is 40.5 Å². The summed E-state index contributed by atoms with van der Waals surface area (Å²) >= 11 is 0. The van der Waals surface area contributed by atoms with Gasteiger partial charge in [-0.2, -0.15) is 0 Å². The Hall–Kier alpha value is -7.61. The second kappa shape index (κ2) is 16.4. The molecule has 0 radical (unpaired) electrons. The van der Waals surface area contributed by atoms with E-state index in [4.69, 9.17) is 30.4 Å². The monoisotopic (exact) mass is 765 g/mol. The number of unbranched alkanes of at least 4 members (excludes halogenated alkanes) is 1. The molecule has 6 N–H and O–H groups in total. The first-order chi connectivity index (χ1) is 27.7. The number of pyridine rings is 2. The number of fused-ring (bicyclic) bond motifs is 4. The fourth-order valence-electron chi connectivity index (χ4n) is 6.36. The van der Waals surface area contributed by atoms with Gasteiger partial charge in [0.15, 0.2) is 0 Å². The van der Waals surface area contributed by atoms with Crippen LogP contribution in [0.25, 0.3) is 43.6 Å². The maximum absolute atomic E-state index is 12.4. The van der Waals surface area contributed by atoms with E-state index >= 15 is 0 Å². The number of H-pyrrole nitrogens is 1. The number of primary amides is 2. The van der Waals surface area contributed by atoms with Gasteiger partial charge in [0.2, 0.25) is 0 Å². The van der Waals surface area contributed by atoms with E-state index in [0.717, 1.165) is 34.6 Å². The average Bonchev–Trinajstić information content (AvgIpc) is 3.87. The van der Waals surface area contributed by atoms with Crippen LogP contribution in [0.2, 0.25) is 0 Å². The fraction of sp³-hybridized carbons (Fsp3) is 0.140. The van der Waals surface area contributed by atoms with Crippen LogP contribution in [0.5, 0.6) is 34.5 Å². The van der Waals surface area contributed by atoms with Crippen LogP contribution >= 0.6 is 0 Å². The van der Waals surface area contributed by atoms with E-state index in [0.29, 0.717) is 62.8 Å². The number of methoxy groups -OCH3 is 2. The van der Waals surface area contributed by atoms with Crippen LogP contribution in [-0.2, 0) is 0 Å². The van der Waals surface area contributed by atoms with Gasteiger partial charge in [0.1, 0.15) is 34.5 Å². The summed E-state index contributed by atoms with van der Waals surface area (Å²) in [7, 11) is 2.96. The molecule has 3 amide bonds. The number of nitrogens with two attached hydrogens (primary N) is 2. The van der Waals surface area contributed by atoms with Crippen molar-refractivity contribution in [3.63, 3.8) is 0 Å². The minimum atomic E-state index is -0.599. The van der Waals surface area contributed by atoms with Gasteiger partial charge in [-0.1, -0.05) is 13.3 Å². The normalized spacial score (nSPS) is 10.9. The van der Waals surface area contributed by atoms with Crippen LogP contribution in [0.4, 0.5) is 4.79 Å². The number of rotatable bonds is 11. The molecule has 0 atom stereocenters. The molecule has 0 aliphatic rings. The van der Waals surface area contributed by atoms with Gasteiger partial charge in [-0.15, -0.1) is 0 Å². The summed E-state index contributed by atoms with van der Waals surface area (Å²) < 4.78 is 24.2. The second-order valence-corrected chi connectivity index (χ2v) is 12.9. The predicted octanol–water partition coefficient (Wildman–Crippen LogP) is 8.06. The van der Waals surface area contributed by atoms with E-state index < -0.39 is 11.8 Å². The lowest BCUT2D eigenvalue weighted by molar-refractivity contribution is 0.0989. The Morgan fingerprint density at radius 3 is 1.84 bits per heavy atom. The Morgan fingerprint density at radius 1 is 0.702 bits per heavy atom. The molecule has 14 heteroatoms. The van der Waals surface area contributed by atoms with E-state index in [1.807, 2.05) is 48.7 Å². The summed E-state index contributed by atoms with van der Waals surface area (Å²) in [5.74, 6) is 1.97. The molecule has 4 aromatic carbocycles. The van der Waals surface area contributed by atoms with Crippen molar-refractivity contribution in [2.75, 3.05) is 20.8 Å². The average molecular weight is 766 g/mol. The number of carbonyl (C=O) groups is 3. The zero-order valence-corrected chi connectivity index (χ0v) is 31.4. The number of nitrogens with one attached hydrogen (secondary N) is 2. The van der Waals surface area contributed by atoms with Crippen LogP contribution < -0.4 is 35.7 Å². The van der Waals surface area contributed by atoms with Gasteiger partial charge >= 0.3 is 6.03 Å². The third kappa shape index (κ3) is 7.96. The van der Waals surface area contributed by atoms with Crippen LogP contribution in [0.15, 0.2) is 110 Å². The van der Waals surface area contributed by atoms with E-state index in [9.17, 15) is 14.4 Å². The molecule has 14 nitrogen and oxygen atoms in total. The lowest BCUT2D eigenvalue weighted by Crippen LogP contribution is -2.28. The van der Waals surface area contributed by atoms with Crippen molar-refractivity contribution < 1.29 is 33.3 Å². The summed E-state index contributed by atoms with van der Waals surface area (Å²) in [6, 6.07) is 25.0. The highest BCUT2D eigenvalue weighted by molar-refractivity contribution is 6.02. The molecule has 8 aromatic rings. The number of hydrogen-bond acceptors (Lipinski definition) is 9. The van der Waals surface area contributed by atoms with Gasteiger partial charge in [0, 0.05) is 70.5 Å². The van der Waals surface area contributed by atoms with Gasteiger partial charge in [-0.25, -0.2) is 4.79 Å². The summed E-state index contributed by atoms with van der Waals surface area (Å²) in [5, 5.41) is 6.15. The molecule has 0 fully saturated rings. The Labute approximate surface area is 326 Å². The second-order valence-electron chi connectivity index (χ2n) is 12.9. The number of benzene rings is 4. The first-order valence-corrected chi connectivity index (χ1v) is 18.0. The zero-order valence-electron chi connectivity index (χ0n) is 31.4. The number of ether oxygens (including phenoxy) is 4. The quantitative estimate of drug-likeness (QED) is 0.0941. The highest BCUT2D eigenvalue weighted by Gasteiger charge is 2.17. The largest absolute Gasteiger partial charge is 0.496 e. The molecule has 288 valence electrons. The van der Waals surface area contributed by atoms with Crippen molar-refractivity contribution in [1.29, 1.82) is 0 Å². The third-order valence-corrected chi connectivity index (χ3v) is 9.24. The molecule has 8 rings (SSSR count). The van der Waals surface area contributed by atoms with Crippen LogP contribution in [-0.4, -0.2) is 58.1 Å². The van der Waals surface area contributed by atoms with Crippen LogP contribution in [0.3, 0.4) is 0 Å². The maximum Gasteiger partial charge on any atom is 0.326 e. The van der Waals surface area contributed by atoms with Crippen molar-refractivity contribution in [3.8, 4) is 34.5 Å². The number of nitrogens with zero attached hydrogens (tertiary/aromatic N) is 3. The molecule has 0 aliphatic heterocycles. The number of carbonyl (C=O) groups excluding carboxylic acids is 3. The molecular weight excluding hydrogens is 727 g/mol. The van der Waals surface area contributed by atoms with Crippen molar-refractivity contribution in [1.82, 2.24) is 24.8 Å². The van der Waals surface area contributed by atoms with Crippen molar-refractivity contribution in [2.24, 2.45) is 11.5 Å². The highest BCUT2D eigenvalue weighted by Crippen LogP contribution is 2.36. The molecule has 57 heavy (non-hydrogen) atoms. The molecule has 0 spiro atoms. The topological polar surface area (TPSA) is 199 Å². The summed E-state index contributed by atoms with van der Waals surface area (Å²) in [5.41, 5.74) is 14.6. The van der Waals surface area contributed by atoms with Crippen molar-refractivity contribution in [3.05, 3.63) is 121 Å². The molecule has 0 aliphatic carbocycles. The molecule has 0 saturated heterocycles. The number of amides is 3. The van der Waals surface area contributed by atoms with Gasteiger partial charge in [-0.05, 0) is 79.2 Å². The van der Waals surface area contributed by atoms with Crippen molar-refractivity contribution in [2.45, 2.75) is 19.8 Å². The van der Waals surface area contributed by atoms with Gasteiger partial charge in [-0.3, -0.25) is 24.1 Å². The summed E-state index contributed by atoms with van der Waals surface area (Å²) in [6.45, 7) is 2.72. The van der Waals surface area contributed by atoms with Gasteiger partial charge in [0.25, 0.3) is 11.8 Å². The van der Waals surface area contributed by atoms with Gasteiger partial charge in [0.05, 0.1) is 41.9 Å². The molecule has 4 heterocycles. The predicted molar refractivity (Wildman–Crippen MR) is 218 cm³/mol. The Kier molecular flexibility index (Phi) is 10.8. The van der Waals surface area contributed by atoms with E-state index in [1.54, 1.807) is 65.6 Å². The number of hydrogen-bond donors (Lipinski definition) is 4. The lowest BCUT2D eigenvalue weighted by atomic mass is 10.1.